The number of carbonyl (C=O) groups is 1. The number of aldehydes is 1. The van der Waals surface area contributed by atoms with Gasteiger partial charge in [0.1, 0.15) is 5.69 Å². The van der Waals surface area contributed by atoms with Crippen LogP contribution >= 0.6 is 0 Å². The fraction of sp³-hybridized carbons (Fsp3) is 0.500. The first kappa shape index (κ1) is 14.6. The summed E-state index contributed by atoms with van der Waals surface area (Å²) in [6.07, 6.45) is 0.787. The van der Waals surface area contributed by atoms with Crippen LogP contribution < -0.4 is 5.32 Å². The maximum absolute atomic E-state index is 10.7. The van der Waals surface area contributed by atoms with E-state index in [2.05, 4.69) is 24.1 Å². The molecule has 2 N–H and O–H groups in total. The van der Waals surface area contributed by atoms with Crippen molar-refractivity contribution in [3.63, 3.8) is 0 Å². The van der Waals surface area contributed by atoms with Gasteiger partial charge in [-0.25, -0.2) is 4.98 Å². The van der Waals surface area contributed by atoms with E-state index in [1.807, 2.05) is 19.1 Å². The normalized spacial score (nSPS) is 9.38. The fourth-order valence-electron chi connectivity index (χ4n) is 1.13. The summed E-state index contributed by atoms with van der Waals surface area (Å²) in [5, 5.41) is 10.2. The lowest BCUT2D eigenvalue weighted by atomic mass is 10.2. The Morgan fingerprint density at radius 3 is 2.56 bits per heavy atom. The average molecular weight is 224 g/mol. The molecule has 0 bridgehead atoms. The van der Waals surface area contributed by atoms with Gasteiger partial charge in [-0.1, -0.05) is 13.8 Å². The van der Waals surface area contributed by atoms with Crippen molar-refractivity contribution in [3.05, 3.63) is 23.5 Å². The molecule has 0 aliphatic carbocycles. The monoisotopic (exact) mass is 224 g/mol. The zero-order chi connectivity index (χ0) is 12.6. The smallest absolute Gasteiger partial charge is 0.170 e. The Morgan fingerprint density at radius 2 is 2.06 bits per heavy atom. The number of aromatic nitrogens is 1. The van der Waals surface area contributed by atoms with Crippen LogP contribution in [0.25, 0.3) is 0 Å². The second-order valence-corrected chi connectivity index (χ2v) is 3.78. The molecular formula is C12H20N2O2. The van der Waals surface area contributed by atoms with E-state index in [-0.39, 0.29) is 0 Å². The number of anilines is 1. The third kappa shape index (κ3) is 4.89. The topological polar surface area (TPSA) is 62.2 Å². The molecule has 0 saturated heterocycles. The van der Waals surface area contributed by atoms with Gasteiger partial charge in [-0.3, -0.25) is 4.79 Å². The van der Waals surface area contributed by atoms with Crippen molar-refractivity contribution in [1.82, 2.24) is 4.98 Å². The highest BCUT2D eigenvalue weighted by Gasteiger charge is 2.03. The largest absolute Gasteiger partial charge is 0.400 e. The zero-order valence-electron chi connectivity index (χ0n) is 10.3. The highest BCUT2D eigenvalue weighted by Crippen LogP contribution is 2.12. The Labute approximate surface area is 96.7 Å². The summed E-state index contributed by atoms with van der Waals surface area (Å²) >= 11 is 0. The van der Waals surface area contributed by atoms with E-state index in [1.54, 1.807) is 0 Å². The van der Waals surface area contributed by atoms with Crippen LogP contribution in [0.3, 0.4) is 0 Å². The number of nitrogens with one attached hydrogen (secondary N) is 1. The maximum atomic E-state index is 10.7. The van der Waals surface area contributed by atoms with Crippen molar-refractivity contribution in [2.75, 3.05) is 19.0 Å². The van der Waals surface area contributed by atoms with Crippen LogP contribution in [-0.4, -0.2) is 30.0 Å². The first-order valence-electron chi connectivity index (χ1n) is 5.25. The van der Waals surface area contributed by atoms with Crippen molar-refractivity contribution in [2.24, 2.45) is 5.92 Å². The zero-order valence-corrected chi connectivity index (χ0v) is 10.3. The Hall–Kier alpha value is -1.42. The molecule has 0 fully saturated rings. The summed E-state index contributed by atoms with van der Waals surface area (Å²) in [5.41, 5.74) is 2.17. The van der Waals surface area contributed by atoms with E-state index < -0.39 is 0 Å². The number of aliphatic hydroxyl groups is 1. The van der Waals surface area contributed by atoms with Crippen LogP contribution in [0.1, 0.15) is 30.0 Å². The molecule has 90 valence electrons. The van der Waals surface area contributed by atoms with Gasteiger partial charge >= 0.3 is 0 Å². The number of aryl methyl sites for hydroxylation is 1. The van der Waals surface area contributed by atoms with Crippen LogP contribution in [-0.2, 0) is 0 Å². The molecule has 1 rings (SSSR count). The number of aliphatic hydroxyl groups excluding tert-OH is 1. The molecule has 1 aromatic heterocycles. The van der Waals surface area contributed by atoms with Gasteiger partial charge in [0.15, 0.2) is 6.29 Å². The predicted octanol–water partition coefficient (Wildman–Crippen LogP) is 1.88. The van der Waals surface area contributed by atoms with Gasteiger partial charge < -0.3 is 10.4 Å². The standard InChI is InChI=1S/C11H16N2O.CH4O/c1-8(2)6-12-10-5-4-9(3)13-11(10)7-14;1-2/h4-5,7-8,12H,6H2,1-3H3;2H,1H3. The van der Waals surface area contributed by atoms with E-state index in [9.17, 15) is 4.79 Å². The first-order valence-corrected chi connectivity index (χ1v) is 5.25. The van der Waals surface area contributed by atoms with E-state index in [0.717, 1.165) is 31.3 Å². The molecule has 0 aliphatic heterocycles. The molecule has 16 heavy (non-hydrogen) atoms. The number of carbonyl (C=O) groups excluding carboxylic acids is 1. The summed E-state index contributed by atoms with van der Waals surface area (Å²) in [6.45, 7) is 6.97. The van der Waals surface area contributed by atoms with Gasteiger partial charge in [0.2, 0.25) is 0 Å². The maximum Gasteiger partial charge on any atom is 0.170 e. The molecule has 0 aromatic carbocycles. The van der Waals surface area contributed by atoms with Crippen molar-refractivity contribution in [3.8, 4) is 0 Å². The molecule has 0 amide bonds. The molecule has 0 spiro atoms. The van der Waals surface area contributed by atoms with Gasteiger partial charge in [0.25, 0.3) is 0 Å². The minimum atomic E-state index is 0.491. The minimum Gasteiger partial charge on any atom is -0.400 e. The van der Waals surface area contributed by atoms with Crippen LogP contribution in [0.5, 0.6) is 0 Å². The van der Waals surface area contributed by atoms with Crippen LogP contribution in [0.4, 0.5) is 5.69 Å². The Morgan fingerprint density at radius 1 is 1.44 bits per heavy atom. The van der Waals surface area contributed by atoms with Gasteiger partial charge in [0.05, 0.1) is 5.69 Å². The number of hydrogen-bond donors (Lipinski definition) is 2. The average Bonchev–Trinajstić information content (AvgIpc) is 2.29. The fourth-order valence-corrected chi connectivity index (χ4v) is 1.13. The lowest BCUT2D eigenvalue weighted by Crippen LogP contribution is -2.10. The molecule has 4 nitrogen and oxygen atoms in total. The molecule has 0 unspecified atom stereocenters. The number of hydrogen-bond acceptors (Lipinski definition) is 4. The van der Waals surface area contributed by atoms with Crippen molar-refractivity contribution >= 4 is 12.0 Å². The van der Waals surface area contributed by atoms with Crippen molar-refractivity contribution < 1.29 is 9.90 Å². The summed E-state index contributed by atoms with van der Waals surface area (Å²) in [6, 6.07) is 3.80. The van der Waals surface area contributed by atoms with Crippen molar-refractivity contribution in [2.45, 2.75) is 20.8 Å². The second-order valence-electron chi connectivity index (χ2n) is 3.78. The van der Waals surface area contributed by atoms with Crippen LogP contribution in [0.15, 0.2) is 12.1 Å². The van der Waals surface area contributed by atoms with Crippen LogP contribution in [0, 0.1) is 12.8 Å². The summed E-state index contributed by atoms with van der Waals surface area (Å²) < 4.78 is 0. The Bertz CT molecular complexity index is 325. The van der Waals surface area contributed by atoms with Gasteiger partial charge in [-0.15, -0.1) is 0 Å². The molecule has 0 aliphatic rings. The molecule has 4 heteroatoms. The first-order chi connectivity index (χ1) is 7.63. The van der Waals surface area contributed by atoms with E-state index in [0.29, 0.717) is 11.6 Å². The van der Waals surface area contributed by atoms with Gasteiger partial charge in [-0.2, -0.15) is 0 Å². The third-order valence-corrected chi connectivity index (χ3v) is 1.88. The molecule has 0 atom stereocenters. The van der Waals surface area contributed by atoms with Crippen LogP contribution in [0.2, 0.25) is 0 Å². The van der Waals surface area contributed by atoms with Crippen molar-refractivity contribution in [1.29, 1.82) is 0 Å². The Balaban J connectivity index is 0.00000106. The highest BCUT2D eigenvalue weighted by molar-refractivity contribution is 5.81. The quantitative estimate of drug-likeness (QED) is 0.766. The molecule has 1 aromatic rings. The summed E-state index contributed by atoms with van der Waals surface area (Å²) in [4.78, 5) is 14.9. The molecule has 0 saturated carbocycles. The predicted molar refractivity (Wildman–Crippen MR) is 65.8 cm³/mol. The Kier molecular flexibility index (Phi) is 7.12. The summed E-state index contributed by atoms with van der Waals surface area (Å²) in [7, 11) is 1.00. The lowest BCUT2D eigenvalue weighted by molar-refractivity contribution is 0.111. The van der Waals surface area contributed by atoms with E-state index in [1.165, 1.54) is 0 Å². The number of nitrogens with zero attached hydrogens (tertiary/aromatic N) is 1. The molecule has 1 heterocycles. The second kappa shape index (κ2) is 7.82. The summed E-state index contributed by atoms with van der Waals surface area (Å²) in [5.74, 6) is 0.552. The lowest BCUT2D eigenvalue weighted by Gasteiger charge is -2.10. The minimum absolute atomic E-state index is 0.491. The SMILES string of the molecule is CO.Cc1ccc(NCC(C)C)c(C=O)n1. The molecule has 0 radical (unpaired) electrons. The van der Waals surface area contributed by atoms with E-state index in [4.69, 9.17) is 5.11 Å². The number of rotatable bonds is 4. The third-order valence-electron chi connectivity index (χ3n) is 1.88. The highest BCUT2D eigenvalue weighted by atomic mass is 16.2. The molecular weight excluding hydrogens is 204 g/mol. The number of pyridine rings is 1. The van der Waals surface area contributed by atoms with E-state index >= 15 is 0 Å². The van der Waals surface area contributed by atoms with Gasteiger partial charge in [-0.05, 0) is 25.0 Å². The van der Waals surface area contributed by atoms with Gasteiger partial charge in [0, 0.05) is 19.3 Å².